The van der Waals surface area contributed by atoms with E-state index in [1.165, 1.54) is 0 Å². The number of carbonyl (C=O) groups is 2. The number of terminal acetylenes is 1. The molecule has 2 fully saturated rings. The predicted octanol–water partition coefficient (Wildman–Crippen LogP) is -5.54. The molecule has 2 aliphatic heterocycles. The largest absolute Gasteiger partial charge is 1.00 e. The highest BCUT2D eigenvalue weighted by Gasteiger charge is 2.35. The second-order valence-corrected chi connectivity index (χ2v) is 16.2. The molecule has 3 aromatic heterocycles. The highest BCUT2D eigenvalue weighted by Crippen LogP contribution is 2.26. The van der Waals surface area contributed by atoms with E-state index in [2.05, 4.69) is 60.5 Å². The third kappa shape index (κ3) is 15.6. The number of aryl methyl sites for hydroxylation is 1. The lowest BCUT2D eigenvalue weighted by atomic mass is 9.97. The lowest BCUT2D eigenvalue weighted by Crippen LogP contribution is -3.00. The molecule has 0 aromatic carbocycles. The summed E-state index contributed by atoms with van der Waals surface area (Å²) < 4.78 is 19.8. The molecule has 2 amide bonds. The molecule has 3 aromatic rings. The lowest BCUT2D eigenvalue weighted by molar-refractivity contribution is -0.459. The number of guanidine groups is 1. The van der Waals surface area contributed by atoms with Crippen LogP contribution in [0.5, 0.6) is 0 Å². The smallest absolute Gasteiger partial charge is 0.338 e. The molecule has 0 unspecified atom stereocenters. The number of piperazine rings is 2. The summed E-state index contributed by atoms with van der Waals surface area (Å²) in [5.41, 5.74) is 12.5. The van der Waals surface area contributed by atoms with Gasteiger partial charge in [-0.2, -0.15) is 15.0 Å². The van der Waals surface area contributed by atoms with Crippen molar-refractivity contribution in [1.29, 1.82) is 0 Å². The van der Waals surface area contributed by atoms with E-state index in [0.717, 1.165) is 18.5 Å². The van der Waals surface area contributed by atoms with Gasteiger partial charge in [-0.05, 0) is 24.7 Å². The van der Waals surface area contributed by atoms with Crippen molar-refractivity contribution in [1.82, 2.24) is 54.7 Å². The normalized spacial score (nSPS) is 15.6. The SMILES string of the molecule is C#CCOCCOCCOCCNc1nc(N2CCN(C(=O)[C@H]([C@@H](C)CC)n3cc(CCC[NH+]=C(N)N)nn3)CC2)nc(N2CCN(C(=O)[C@@H](C(C)C)n3cc(CCO)nn3)CC2)n1.[Cl-]. The van der Waals surface area contributed by atoms with Crippen LogP contribution < -0.4 is 44.0 Å². The number of aliphatic hydroxyl groups is 1. The van der Waals surface area contributed by atoms with Crippen LogP contribution in [0.4, 0.5) is 17.8 Å². The summed E-state index contributed by atoms with van der Waals surface area (Å²) in [5.74, 6) is 3.94. The number of aromatic nitrogens is 9. The van der Waals surface area contributed by atoms with Gasteiger partial charge in [0.1, 0.15) is 18.7 Å². The lowest BCUT2D eigenvalue weighted by Gasteiger charge is -2.38. The number of nitrogens with one attached hydrogen (secondary N) is 2. The number of nitrogens with zero attached hydrogens (tertiary/aromatic N) is 13. The third-order valence-corrected chi connectivity index (χ3v) is 11.1. The molecular weight excluding hydrogens is 862 g/mol. The van der Waals surface area contributed by atoms with Gasteiger partial charge in [-0.3, -0.25) is 26.0 Å². The van der Waals surface area contributed by atoms with Crippen LogP contribution in [0.15, 0.2) is 12.4 Å². The maximum atomic E-state index is 14.2. The Labute approximate surface area is 387 Å². The number of halogens is 1. The maximum absolute atomic E-state index is 14.2. The van der Waals surface area contributed by atoms with Gasteiger partial charge in [0.15, 0.2) is 0 Å². The summed E-state index contributed by atoms with van der Waals surface area (Å²) in [6, 6.07) is -1.02. The summed E-state index contributed by atoms with van der Waals surface area (Å²) in [4.78, 5) is 53.5. The minimum atomic E-state index is -0.526. The van der Waals surface area contributed by atoms with E-state index in [-0.39, 0.29) is 55.2 Å². The summed E-state index contributed by atoms with van der Waals surface area (Å²) in [6.07, 6.45) is 11.4. The number of carbonyl (C=O) groups excluding carboxylic acids is 2. The Bertz CT molecular complexity index is 1960. The second kappa shape index (κ2) is 27.2. The van der Waals surface area contributed by atoms with Crippen molar-refractivity contribution in [3.63, 3.8) is 0 Å². The molecule has 24 heteroatoms. The Morgan fingerprint density at radius 3 is 1.85 bits per heavy atom. The van der Waals surface area contributed by atoms with E-state index in [9.17, 15) is 14.7 Å². The van der Waals surface area contributed by atoms with E-state index < -0.39 is 12.1 Å². The molecule has 0 bridgehead atoms. The van der Waals surface area contributed by atoms with Crippen molar-refractivity contribution < 1.29 is 46.3 Å². The predicted molar refractivity (Wildman–Crippen MR) is 238 cm³/mol. The Morgan fingerprint density at radius 1 is 0.800 bits per heavy atom. The molecular formula is C41H68ClN17O6. The second-order valence-electron chi connectivity index (χ2n) is 16.2. The molecule has 0 spiro atoms. The maximum Gasteiger partial charge on any atom is 0.338 e. The van der Waals surface area contributed by atoms with E-state index in [4.69, 9.17) is 47.1 Å². The molecule has 7 N–H and O–H groups in total. The van der Waals surface area contributed by atoms with Crippen molar-refractivity contribution in [3.8, 4) is 12.3 Å². The topological polar surface area (TPSA) is 273 Å². The number of nitrogens with two attached hydrogens (primary N) is 2. The van der Waals surface area contributed by atoms with Gasteiger partial charge < -0.3 is 56.6 Å². The zero-order valence-electron chi connectivity index (χ0n) is 38.2. The van der Waals surface area contributed by atoms with E-state index >= 15 is 0 Å². The molecule has 2 aliphatic rings. The Hall–Kier alpha value is -5.41. The van der Waals surface area contributed by atoms with Crippen molar-refractivity contribution in [2.75, 3.05) is 127 Å². The molecule has 65 heavy (non-hydrogen) atoms. The van der Waals surface area contributed by atoms with Gasteiger partial charge in [-0.1, -0.05) is 50.5 Å². The van der Waals surface area contributed by atoms with E-state index in [1.807, 2.05) is 29.8 Å². The summed E-state index contributed by atoms with van der Waals surface area (Å²) in [7, 11) is 0. The Morgan fingerprint density at radius 2 is 1.32 bits per heavy atom. The van der Waals surface area contributed by atoms with Gasteiger partial charge in [0, 0.05) is 84.3 Å². The van der Waals surface area contributed by atoms with Gasteiger partial charge in [0.2, 0.25) is 29.7 Å². The first-order chi connectivity index (χ1) is 31.0. The number of ether oxygens (including phenoxy) is 3. The van der Waals surface area contributed by atoms with Crippen LogP contribution in [0.3, 0.4) is 0 Å². The summed E-state index contributed by atoms with van der Waals surface area (Å²) in [6.45, 7) is 15.3. The average Bonchev–Trinajstić information content (AvgIpc) is 3.96. The molecule has 0 aliphatic carbocycles. The van der Waals surface area contributed by atoms with Gasteiger partial charge in [0.05, 0.1) is 51.0 Å². The summed E-state index contributed by atoms with van der Waals surface area (Å²) in [5, 5.41) is 29.8. The molecule has 0 saturated carbocycles. The van der Waals surface area contributed by atoms with Crippen molar-refractivity contribution in [2.24, 2.45) is 23.3 Å². The van der Waals surface area contributed by atoms with Gasteiger partial charge in [0.25, 0.3) is 0 Å². The number of aliphatic hydroxyl groups excluding tert-OH is 1. The molecule has 5 heterocycles. The number of amides is 2. The van der Waals surface area contributed by atoms with Crippen LogP contribution in [-0.4, -0.2) is 189 Å². The summed E-state index contributed by atoms with van der Waals surface area (Å²) >= 11 is 0. The van der Waals surface area contributed by atoms with Gasteiger partial charge >= 0.3 is 5.96 Å². The van der Waals surface area contributed by atoms with Crippen LogP contribution >= 0.6 is 0 Å². The van der Waals surface area contributed by atoms with Crippen LogP contribution in [0.1, 0.15) is 64.0 Å². The Balaban J connectivity index is 0.00000925. The first-order valence-electron chi connectivity index (χ1n) is 22.3. The molecule has 2 saturated heterocycles. The van der Waals surface area contributed by atoms with Crippen LogP contribution in [-0.2, 0) is 36.6 Å². The minimum absolute atomic E-state index is 0. The van der Waals surface area contributed by atoms with Crippen LogP contribution in [0, 0.1) is 24.2 Å². The average molecular weight is 931 g/mol. The fourth-order valence-corrected chi connectivity index (χ4v) is 7.44. The number of hydrogen-bond acceptors (Lipinski definition) is 16. The van der Waals surface area contributed by atoms with Crippen molar-refractivity contribution in [3.05, 3.63) is 23.8 Å². The van der Waals surface area contributed by atoms with Crippen LogP contribution in [0.25, 0.3) is 0 Å². The zero-order valence-corrected chi connectivity index (χ0v) is 39.0. The number of anilines is 3. The standard InChI is InChI=1S/C41H67N17O6.ClH/c1-6-22-62-24-26-64-27-25-63-23-12-45-39-46-40(55-17-13-53(14-18-55)36(60)34(30(3)4)57-29-33(10-21-59)50-51-57)48-41(47-39)56-19-15-54(16-20-56)37(61)35(31(5)7-2)58-28-32(49-52-58)9-8-11-44-38(42)43;/h1,28-31,34-35,59H,7-27H2,2-5H3,(H4,42,43,44)(H,45,46,47,48);1H/t31-,34+,35-;/m0./s1. The van der Waals surface area contributed by atoms with Crippen molar-refractivity contribution >= 4 is 35.6 Å². The first kappa shape index (κ1) is 52.2. The molecule has 23 nitrogen and oxygen atoms in total. The molecule has 3 atom stereocenters. The fourth-order valence-electron chi connectivity index (χ4n) is 7.44. The van der Waals surface area contributed by atoms with Crippen LogP contribution in [0.2, 0.25) is 0 Å². The molecule has 360 valence electrons. The third-order valence-electron chi connectivity index (χ3n) is 11.1. The zero-order chi connectivity index (χ0) is 45.8. The molecule has 0 radical (unpaired) electrons. The van der Waals surface area contributed by atoms with Gasteiger partial charge in [-0.25, -0.2) is 9.36 Å². The number of rotatable bonds is 26. The van der Waals surface area contributed by atoms with Gasteiger partial charge in [-0.15, -0.1) is 16.6 Å². The highest BCUT2D eigenvalue weighted by atomic mass is 35.5. The number of hydrogen-bond donors (Lipinski definition) is 5. The molecule has 5 rings (SSSR count). The fraction of sp³-hybridized carbons (Fsp3) is 0.707. The minimum Gasteiger partial charge on any atom is -1.00 e. The quantitative estimate of drug-likeness (QED) is 0.0217. The van der Waals surface area contributed by atoms with Crippen molar-refractivity contribution in [2.45, 2.75) is 65.5 Å². The first-order valence-corrected chi connectivity index (χ1v) is 22.3. The van der Waals surface area contributed by atoms with E-state index in [1.54, 1.807) is 15.6 Å². The monoisotopic (exact) mass is 930 g/mol. The Kier molecular flexibility index (Phi) is 21.8. The highest BCUT2D eigenvalue weighted by molar-refractivity contribution is 5.81. The van der Waals surface area contributed by atoms with E-state index in [0.29, 0.717) is 135 Å².